The monoisotopic (exact) mass is 802 g/mol. The first kappa shape index (κ1) is 39.7. The lowest BCUT2D eigenvalue weighted by atomic mass is 9.84. The molecule has 1 aromatic carbocycles. The number of nitrogens with two attached hydrogens (primary N) is 1. The summed E-state index contributed by atoms with van der Waals surface area (Å²) in [6.07, 6.45) is 0.149. The van der Waals surface area contributed by atoms with Crippen LogP contribution in [0.15, 0.2) is 29.2 Å². The van der Waals surface area contributed by atoms with Gasteiger partial charge in [0.25, 0.3) is 5.69 Å². The molecule has 1 aliphatic heterocycles. The number of halogens is 1. The molecule has 0 amide bonds. The maximum Gasteiger partial charge on any atom is 0.351 e. The molecule has 47 heavy (non-hydrogen) atoms. The van der Waals surface area contributed by atoms with E-state index in [1.165, 1.54) is 4.57 Å². The lowest BCUT2D eigenvalue weighted by Crippen LogP contribution is -2.48. The van der Waals surface area contributed by atoms with Crippen molar-refractivity contribution in [3.8, 4) is 0 Å². The summed E-state index contributed by atoms with van der Waals surface area (Å²) in [7, 11) is -4.28. The number of hydrogen-bond donors (Lipinski definition) is 1. The van der Waals surface area contributed by atoms with Crippen LogP contribution >= 0.6 is 22.6 Å². The SMILES string of the molecule is CC(C)(C)[C@@H](OCc1cn([C@H]2C[C@@H](O[Si](C)(C)C(C)(C)C)[C@@H](CO[Si](C)(C)C(C)(C)C)O2)c(=O)nc1N)c1ccc(I)cc1[N+](=O)[O-]. The van der Waals surface area contributed by atoms with Crippen molar-refractivity contribution in [1.29, 1.82) is 0 Å². The molecule has 14 heteroatoms. The average Bonchev–Trinajstić information content (AvgIpc) is 3.28. The summed E-state index contributed by atoms with van der Waals surface area (Å²) in [5, 5.41) is 12.0. The van der Waals surface area contributed by atoms with Crippen LogP contribution < -0.4 is 11.4 Å². The summed E-state index contributed by atoms with van der Waals surface area (Å²) in [6, 6.07) is 5.10. The molecule has 0 radical (unpaired) electrons. The third kappa shape index (κ3) is 9.51. The van der Waals surface area contributed by atoms with Crippen molar-refractivity contribution in [2.24, 2.45) is 5.41 Å². The van der Waals surface area contributed by atoms with Gasteiger partial charge >= 0.3 is 5.69 Å². The molecule has 0 bridgehead atoms. The van der Waals surface area contributed by atoms with E-state index in [0.29, 0.717) is 24.2 Å². The number of nitro groups is 1. The van der Waals surface area contributed by atoms with E-state index in [4.69, 9.17) is 24.1 Å². The highest BCUT2D eigenvalue weighted by atomic mass is 127. The minimum Gasteiger partial charge on any atom is -0.414 e. The van der Waals surface area contributed by atoms with Gasteiger partial charge < -0.3 is 24.1 Å². The van der Waals surface area contributed by atoms with Crippen LogP contribution in [0.2, 0.25) is 36.3 Å². The molecule has 2 heterocycles. The predicted octanol–water partition coefficient (Wildman–Crippen LogP) is 8.34. The molecule has 11 nitrogen and oxygen atoms in total. The van der Waals surface area contributed by atoms with Gasteiger partial charge in [0.1, 0.15) is 18.1 Å². The van der Waals surface area contributed by atoms with Crippen molar-refractivity contribution >= 4 is 50.7 Å². The van der Waals surface area contributed by atoms with Crippen LogP contribution in [0.4, 0.5) is 11.5 Å². The first-order valence-electron chi connectivity index (χ1n) is 16.2. The number of nitrogen functional groups attached to an aromatic ring is 1. The molecular weight excluding hydrogens is 747 g/mol. The van der Waals surface area contributed by atoms with E-state index in [0.717, 1.165) is 3.57 Å². The number of nitro benzene ring substituents is 1. The minimum absolute atomic E-state index is 0.00835. The number of rotatable bonds is 11. The van der Waals surface area contributed by atoms with Gasteiger partial charge in [0.05, 0.1) is 35.9 Å². The van der Waals surface area contributed by atoms with Crippen LogP contribution in [0.1, 0.15) is 92.2 Å². The Morgan fingerprint density at radius 1 is 1.09 bits per heavy atom. The minimum atomic E-state index is -2.19. The van der Waals surface area contributed by atoms with Crippen molar-refractivity contribution in [1.82, 2.24) is 9.55 Å². The van der Waals surface area contributed by atoms with Gasteiger partial charge in [-0.1, -0.05) is 62.3 Å². The highest BCUT2D eigenvalue weighted by molar-refractivity contribution is 14.1. The molecule has 2 N–H and O–H groups in total. The zero-order chi connectivity index (χ0) is 35.9. The van der Waals surface area contributed by atoms with Crippen LogP contribution in [0.25, 0.3) is 0 Å². The van der Waals surface area contributed by atoms with Crippen LogP contribution in [-0.2, 0) is 24.9 Å². The average molecular weight is 803 g/mol. The van der Waals surface area contributed by atoms with E-state index < -0.39 is 40.1 Å². The molecule has 1 aliphatic rings. The molecule has 0 unspecified atom stereocenters. The Morgan fingerprint density at radius 3 is 2.21 bits per heavy atom. The fraction of sp³-hybridized carbons (Fsp3) is 0.697. The van der Waals surface area contributed by atoms with Gasteiger partial charge in [-0.15, -0.1) is 0 Å². The standard InChI is InChI=1S/C33H55IN4O7Si2/c1-31(2,3)28(23-15-14-22(34)16-24(23)38(40)41)42-19-21-18-37(30(39)36-29(21)35)27-17-25(45-47(12,13)33(7,8)9)26(44-27)20-43-46(10,11)32(4,5)6/h14-16,18,25-28H,17,19-20H2,1-13H3,(H2,35,36,39)/t25-,26-,27-,28+/m1/s1. The van der Waals surface area contributed by atoms with Crippen LogP contribution in [0.3, 0.4) is 0 Å². The fourth-order valence-corrected chi connectivity index (χ4v) is 7.77. The van der Waals surface area contributed by atoms with Gasteiger partial charge in [-0.3, -0.25) is 14.7 Å². The quantitative estimate of drug-likeness (QED) is 0.103. The molecule has 3 rings (SSSR count). The molecule has 1 fully saturated rings. The smallest absolute Gasteiger partial charge is 0.351 e. The molecule has 2 aromatic rings. The van der Waals surface area contributed by atoms with E-state index >= 15 is 0 Å². The van der Waals surface area contributed by atoms with Crippen molar-refractivity contribution < 1.29 is 23.2 Å². The van der Waals surface area contributed by atoms with Crippen LogP contribution in [0, 0.1) is 19.1 Å². The van der Waals surface area contributed by atoms with Gasteiger partial charge in [-0.25, -0.2) is 4.79 Å². The van der Waals surface area contributed by atoms with E-state index in [-0.39, 0.29) is 45.3 Å². The van der Waals surface area contributed by atoms with E-state index in [1.807, 2.05) is 26.8 Å². The summed E-state index contributed by atoms with van der Waals surface area (Å²) in [5.74, 6) is 0.0425. The largest absolute Gasteiger partial charge is 0.414 e. The molecule has 264 valence electrons. The summed E-state index contributed by atoms with van der Waals surface area (Å²) < 4.78 is 28.6. The number of ether oxygens (including phenoxy) is 2. The van der Waals surface area contributed by atoms with E-state index in [2.05, 4.69) is 95.3 Å². The highest BCUT2D eigenvalue weighted by Crippen LogP contribution is 2.44. The second kappa shape index (κ2) is 14.3. The molecule has 1 aromatic heterocycles. The van der Waals surface area contributed by atoms with E-state index in [1.54, 1.807) is 18.3 Å². The van der Waals surface area contributed by atoms with Gasteiger partial charge in [-0.2, -0.15) is 4.98 Å². The molecular formula is C33H55IN4O7Si2. The highest BCUT2D eigenvalue weighted by Gasteiger charge is 2.47. The fourth-order valence-electron chi connectivity index (χ4n) is 4.92. The van der Waals surface area contributed by atoms with Gasteiger partial charge in [0.2, 0.25) is 0 Å². The predicted molar refractivity (Wildman–Crippen MR) is 199 cm³/mol. The second-order valence-corrected chi connectivity index (χ2v) is 27.5. The zero-order valence-corrected chi connectivity index (χ0v) is 34.6. The first-order chi connectivity index (χ1) is 21.2. The van der Waals surface area contributed by atoms with Crippen molar-refractivity contribution in [3.05, 3.63) is 59.7 Å². The Morgan fingerprint density at radius 2 is 1.68 bits per heavy atom. The summed E-state index contributed by atoms with van der Waals surface area (Å²) in [6.45, 7) is 28.3. The number of nitrogens with zero attached hydrogens (tertiary/aromatic N) is 3. The second-order valence-electron chi connectivity index (χ2n) is 16.7. The van der Waals surface area contributed by atoms with Gasteiger partial charge in [0.15, 0.2) is 16.6 Å². The van der Waals surface area contributed by atoms with Crippen molar-refractivity contribution in [2.75, 3.05) is 12.3 Å². The van der Waals surface area contributed by atoms with Crippen molar-refractivity contribution in [3.63, 3.8) is 0 Å². The van der Waals surface area contributed by atoms with Gasteiger partial charge in [0, 0.05) is 27.8 Å². The molecule has 0 spiro atoms. The topological polar surface area (TPSA) is 141 Å². The first-order valence-corrected chi connectivity index (χ1v) is 23.0. The van der Waals surface area contributed by atoms with Crippen LogP contribution in [-0.4, -0.2) is 49.9 Å². The summed E-state index contributed by atoms with van der Waals surface area (Å²) in [4.78, 5) is 29.0. The Bertz CT molecular complexity index is 1500. The third-order valence-electron chi connectivity index (χ3n) is 9.88. The lowest BCUT2D eigenvalue weighted by Gasteiger charge is -2.40. The normalized spacial score (nSPS) is 20.4. The van der Waals surface area contributed by atoms with Crippen LogP contribution in [0.5, 0.6) is 0 Å². The van der Waals surface area contributed by atoms with Crippen molar-refractivity contribution in [2.45, 2.75) is 136 Å². The van der Waals surface area contributed by atoms with Gasteiger partial charge in [-0.05, 0) is 76.4 Å². The summed E-state index contributed by atoms with van der Waals surface area (Å²) in [5.41, 5.74) is 6.17. The Kier molecular flexibility index (Phi) is 12.1. The Balaban J connectivity index is 1.95. The zero-order valence-electron chi connectivity index (χ0n) is 30.4. The molecule has 0 saturated carbocycles. The number of hydrogen-bond acceptors (Lipinski definition) is 9. The number of aromatic nitrogens is 2. The maximum absolute atomic E-state index is 13.3. The Hall–Kier alpha value is -1.70. The molecule has 0 aliphatic carbocycles. The number of anilines is 1. The Labute approximate surface area is 295 Å². The maximum atomic E-state index is 13.3. The third-order valence-corrected chi connectivity index (χ3v) is 19.6. The molecule has 1 saturated heterocycles. The molecule has 4 atom stereocenters. The lowest BCUT2D eigenvalue weighted by molar-refractivity contribution is -0.386. The summed E-state index contributed by atoms with van der Waals surface area (Å²) >= 11 is 2.06. The van der Waals surface area contributed by atoms with E-state index in [9.17, 15) is 14.9 Å². The number of benzene rings is 1.